The second kappa shape index (κ2) is 8.79. The summed E-state index contributed by atoms with van der Waals surface area (Å²) in [5.41, 5.74) is 2.34. The van der Waals surface area contributed by atoms with Gasteiger partial charge in [-0.2, -0.15) is 0 Å². The molecule has 1 fully saturated rings. The van der Waals surface area contributed by atoms with Crippen LogP contribution in [-0.2, 0) is 11.2 Å². The lowest BCUT2D eigenvalue weighted by atomic mass is 9.92. The number of hydrogen-bond acceptors (Lipinski definition) is 7. The van der Waals surface area contributed by atoms with Crippen LogP contribution in [0.5, 0.6) is 5.75 Å². The molecule has 0 spiro atoms. The van der Waals surface area contributed by atoms with E-state index in [1.165, 1.54) is 0 Å². The maximum absolute atomic E-state index is 10.3. The molecule has 0 bridgehead atoms. The number of oxime groups is 1. The van der Waals surface area contributed by atoms with Gasteiger partial charge in [-0.05, 0) is 48.2 Å². The molecule has 2 aromatic rings. The van der Waals surface area contributed by atoms with Gasteiger partial charge in [0.1, 0.15) is 18.0 Å². The summed E-state index contributed by atoms with van der Waals surface area (Å²) >= 11 is 6.33. The Morgan fingerprint density at radius 1 is 1.07 bits per heavy atom. The van der Waals surface area contributed by atoms with E-state index >= 15 is 0 Å². The Morgan fingerprint density at radius 2 is 1.79 bits per heavy atom. The van der Waals surface area contributed by atoms with Crippen LogP contribution in [0.2, 0.25) is 5.02 Å². The number of ether oxygens (including phenoxy) is 2. The Morgan fingerprint density at radius 3 is 2.43 bits per heavy atom. The van der Waals surface area contributed by atoms with Gasteiger partial charge in [-0.3, -0.25) is 0 Å². The molecule has 0 aliphatic carbocycles. The largest absolute Gasteiger partial charge is 0.494 e. The van der Waals surface area contributed by atoms with E-state index in [0.717, 1.165) is 16.9 Å². The lowest BCUT2D eigenvalue weighted by Crippen LogP contribution is -2.52. The first kappa shape index (κ1) is 20.4. The van der Waals surface area contributed by atoms with Gasteiger partial charge in [-0.1, -0.05) is 41.0 Å². The fraction of sp³-hybridized carbons (Fsp3) is 0.350. The molecule has 4 N–H and O–H groups in total. The molecular weight excluding hydrogens is 386 g/mol. The van der Waals surface area contributed by atoms with Crippen molar-refractivity contribution >= 4 is 17.5 Å². The van der Waals surface area contributed by atoms with E-state index in [1.54, 1.807) is 18.2 Å². The Balaban J connectivity index is 1.84. The van der Waals surface area contributed by atoms with E-state index in [-0.39, 0.29) is 0 Å². The quantitative estimate of drug-likeness (QED) is 0.447. The van der Waals surface area contributed by atoms with Crippen molar-refractivity contribution in [1.82, 2.24) is 0 Å². The molecule has 28 heavy (non-hydrogen) atoms. The van der Waals surface area contributed by atoms with Crippen molar-refractivity contribution < 1.29 is 30.0 Å². The first-order valence-electron chi connectivity index (χ1n) is 8.87. The average molecular weight is 408 g/mol. The minimum Gasteiger partial charge on any atom is -0.494 e. The van der Waals surface area contributed by atoms with Gasteiger partial charge in [0.05, 0.1) is 6.61 Å². The summed E-state index contributed by atoms with van der Waals surface area (Å²) in [6.07, 6.45) is -5.03. The minimum absolute atomic E-state index is 0.453. The van der Waals surface area contributed by atoms with Gasteiger partial charge in [0.25, 0.3) is 5.90 Å². The fourth-order valence-corrected chi connectivity index (χ4v) is 3.31. The highest BCUT2D eigenvalue weighted by atomic mass is 35.5. The van der Waals surface area contributed by atoms with E-state index < -0.39 is 30.3 Å². The lowest BCUT2D eigenvalue weighted by Gasteiger charge is -2.36. The first-order chi connectivity index (χ1) is 13.4. The standard InChI is InChI=1S/C20H22ClNO6/c1-2-27-14-6-3-11(4-7-14)9-13-10-12(5-8-15(13)21)19-17(24)16(23)18(25)20(22-26)28-19/h3-8,10,16-19,23-26H,2,9H2,1H3/b22-20+/t16-,17-,18+,19+/m1/s1. The summed E-state index contributed by atoms with van der Waals surface area (Å²) < 4.78 is 10.8. The van der Waals surface area contributed by atoms with Crippen molar-refractivity contribution in [3.63, 3.8) is 0 Å². The zero-order valence-electron chi connectivity index (χ0n) is 15.2. The molecule has 1 saturated heterocycles. The number of aliphatic hydroxyl groups excluding tert-OH is 3. The minimum atomic E-state index is -1.60. The van der Waals surface area contributed by atoms with Crippen molar-refractivity contribution in [2.75, 3.05) is 6.61 Å². The van der Waals surface area contributed by atoms with Crippen molar-refractivity contribution in [2.45, 2.75) is 37.8 Å². The highest BCUT2D eigenvalue weighted by Crippen LogP contribution is 2.33. The number of hydrogen-bond donors (Lipinski definition) is 4. The van der Waals surface area contributed by atoms with E-state index in [2.05, 4.69) is 5.16 Å². The molecule has 4 atom stereocenters. The summed E-state index contributed by atoms with van der Waals surface area (Å²) in [7, 11) is 0. The zero-order valence-corrected chi connectivity index (χ0v) is 16.0. The number of benzene rings is 2. The second-order valence-electron chi connectivity index (χ2n) is 6.51. The van der Waals surface area contributed by atoms with Crippen molar-refractivity contribution in [2.24, 2.45) is 5.16 Å². The Hall–Kier alpha value is -2.32. The third-order valence-electron chi connectivity index (χ3n) is 4.61. The van der Waals surface area contributed by atoms with Crippen LogP contribution < -0.4 is 4.74 Å². The van der Waals surface area contributed by atoms with Gasteiger partial charge in [-0.25, -0.2) is 0 Å². The first-order valence-corrected chi connectivity index (χ1v) is 9.25. The molecule has 1 aliphatic heterocycles. The second-order valence-corrected chi connectivity index (χ2v) is 6.91. The van der Waals surface area contributed by atoms with E-state index in [1.807, 2.05) is 31.2 Å². The summed E-state index contributed by atoms with van der Waals surface area (Å²) in [6.45, 7) is 2.51. The maximum atomic E-state index is 10.3. The molecule has 8 heteroatoms. The van der Waals surface area contributed by atoms with Gasteiger partial charge in [0.15, 0.2) is 12.2 Å². The van der Waals surface area contributed by atoms with Gasteiger partial charge >= 0.3 is 0 Å². The van der Waals surface area contributed by atoms with E-state index in [4.69, 9.17) is 26.3 Å². The molecule has 0 aromatic heterocycles. The number of nitrogens with zero attached hydrogens (tertiary/aromatic N) is 1. The van der Waals surface area contributed by atoms with E-state index in [0.29, 0.717) is 23.6 Å². The predicted octanol–water partition coefficient (Wildman–Crippen LogP) is 2.27. The molecule has 0 amide bonds. The summed E-state index contributed by atoms with van der Waals surface area (Å²) in [4.78, 5) is 0. The SMILES string of the molecule is CCOc1ccc(Cc2cc([C@@H]3O/C(=N/O)[C@@H](O)[C@H](O)[C@H]3O)ccc2Cl)cc1. The summed E-state index contributed by atoms with van der Waals surface area (Å²) in [5.74, 6) is 0.332. The van der Waals surface area contributed by atoms with Crippen LogP contribution >= 0.6 is 11.6 Å². The van der Waals surface area contributed by atoms with Crippen LogP contribution in [0.1, 0.15) is 29.7 Å². The molecule has 1 heterocycles. The predicted molar refractivity (Wildman–Crippen MR) is 103 cm³/mol. The van der Waals surface area contributed by atoms with Gasteiger partial charge in [0.2, 0.25) is 0 Å². The third kappa shape index (κ3) is 4.23. The normalized spacial score (nSPS) is 26.1. The maximum Gasteiger partial charge on any atom is 0.258 e. The summed E-state index contributed by atoms with van der Waals surface area (Å²) in [5, 5.41) is 42.4. The molecule has 3 rings (SSSR count). The van der Waals surface area contributed by atoms with Crippen LogP contribution in [0.25, 0.3) is 0 Å². The Kier molecular flexibility index (Phi) is 6.41. The van der Waals surface area contributed by atoms with Crippen LogP contribution in [0.4, 0.5) is 0 Å². The van der Waals surface area contributed by atoms with Crippen molar-refractivity contribution in [1.29, 1.82) is 0 Å². The molecule has 150 valence electrons. The molecule has 2 aromatic carbocycles. The Bertz CT molecular complexity index is 841. The molecule has 0 unspecified atom stereocenters. The van der Waals surface area contributed by atoms with Crippen LogP contribution in [0, 0.1) is 0 Å². The van der Waals surface area contributed by atoms with Crippen LogP contribution in [0.3, 0.4) is 0 Å². The lowest BCUT2D eigenvalue weighted by molar-refractivity contribution is -0.121. The van der Waals surface area contributed by atoms with Gasteiger partial charge < -0.3 is 30.0 Å². The molecular formula is C20H22ClNO6. The highest BCUT2D eigenvalue weighted by molar-refractivity contribution is 6.31. The van der Waals surface area contributed by atoms with E-state index in [9.17, 15) is 15.3 Å². The highest BCUT2D eigenvalue weighted by Gasteiger charge is 2.43. The molecule has 1 aliphatic rings. The van der Waals surface area contributed by atoms with Gasteiger partial charge in [-0.15, -0.1) is 0 Å². The van der Waals surface area contributed by atoms with Crippen LogP contribution in [-0.4, -0.2) is 51.3 Å². The fourth-order valence-electron chi connectivity index (χ4n) is 3.13. The van der Waals surface area contributed by atoms with Crippen LogP contribution in [0.15, 0.2) is 47.6 Å². The number of rotatable bonds is 5. The Labute approximate surface area is 167 Å². The number of aliphatic hydroxyl groups is 3. The molecule has 0 radical (unpaired) electrons. The van der Waals surface area contributed by atoms with Crippen molar-refractivity contribution in [3.8, 4) is 5.75 Å². The zero-order chi connectivity index (χ0) is 20.3. The molecule has 7 nitrogen and oxygen atoms in total. The van der Waals surface area contributed by atoms with Gasteiger partial charge in [0, 0.05) is 5.02 Å². The number of halogens is 1. The molecule has 0 saturated carbocycles. The van der Waals surface area contributed by atoms with Crippen molar-refractivity contribution in [3.05, 3.63) is 64.2 Å². The summed E-state index contributed by atoms with van der Waals surface area (Å²) in [6, 6.07) is 12.7. The smallest absolute Gasteiger partial charge is 0.258 e. The average Bonchev–Trinajstić information content (AvgIpc) is 2.70. The third-order valence-corrected chi connectivity index (χ3v) is 4.98. The monoisotopic (exact) mass is 407 g/mol. The topological polar surface area (TPSA) is 112 Å².